The number of ether oxygens (including phenoxy) is 1. The summed E-state index contributed by atoms with van der Waals surface area (Å²) >= 11 is 0. The van der Waals surface area contributed by atoms with Gasteiger partial charge in [0, 0.05) is 17.3 Å². The molecule has 0 unspecified atom stereocenters. The molecule has 0 spiro atoms. The van der Waals surface area contributed by atoms with Crippen LogP contribution >= 0.6 is 0 Å². The second-order valence-electron chi connectivity index (χ2n) is 7.02. The molecule has 1 heterocycles. The first kappa shape index (κ1) is 18.7. The van der Waals surface area contributed by atoms with Crippen LogP contribution in [0.5, 0.6) is 0 Å². The Bertz CT molecular complexity index is 1130. The summed E-state index contributed by atoms with van der Waals surface area (Å²) in [6, 6.07) is 25.4. The predicted molar refractivity (Wildman–Crippen MR) is 114 cm³/mol. The molecule has 0 bridgehead atoms. The fraction of sp³-hybridized carbons (Fsp3) is 0.120. The number of aryl methyl sites for hydroxylation is 2. The van der Waals surface area contributed by atoms with E-state index >= 15 is 0 Å². The van der Waals surface area contributed by atoms with Crippen LogP contribution < -0.4 is 0 Å². The van der Waals surface area contributed by atoms with Gasteiger partial charge in [-0.2, -0.15) is 5.10 Å². The number of rotatable bonds is 5. The van der Waals surface area contributed by atoms with E-state index in [9.17, 15) is 4.79 Å². The van der Waals surface area contributed by atoms with Gasteiger partial charge in [-0.3, -0.25) is 0 Å². The zero-order valence-electron chi connectivity index (χ0n) is 16.5. The van der Waals surface area contributed by atoms with Crippen LogP contribution in [0.2, 0.25) is 0 Å². The molecule has 0 aliphatic rings. The third-order valence-corrected chi connectivity index (χ3v) is 4.96. The minimum Gasteiger partial charge on any atom is -0.457 e. The molecule has 1 aromatic heterocycles. The number of hydrogen-bond acceptors (Lipinski definition) is 3. The molecule has 0 saturated heterocycles. The summed E-state index contributed by atoms with van der Waals surface area (Å²) in [5.74, 6) is -0.334. The van der Waals surface area contributed by atoms with Gasteiger partial charge < -0.3 is 4.74 Å². The number of carbonyl (C=O) groups excluding carboxylic acids is 1. The van der Waals surface area contributed by atoms with Gasteiger partial charge >= 0.3 is 5.97 Å². The van der Waals surface area contributed by atoms with Crippen LogP contribution in [0, 0.1) is 13.8 Å². The first-order valence-electron chi connectivity index (χ1n) is 9.55. The van der Waals surface area contributed by atoms with Crippen molar-refractivity contribution in [2.45, 2.75) is 20.5 Å². The molecule has 0 radical (unpaired) electrons. The number of para-hydroxylation sites is 1. The van der Waals surface area contributed by atoms with Crippen molar-refractivity contribution in [1.82, 2.24) is 9.78 Å². The Kier molecular flexibility index (Phi) is 5.25. The molecule has 4 rings (SSSR count). The minimum atomic E-state index is -0.334. The van der Waals surface area contributed by atoms with Gasteiger partial charge in [-0.05, 0) is 49.2 Å². The van der Waals surface area contributed by atoms with E-state index in [0.29, 0.717) is 5.56 Å². The Balaban J connectivity index is 1.62. The standard InChI is InChI=1S/C25H22N2O2/c1-18-13-14-21(15-19(18)2)25(28)29-17-22-16-27(23-11-7-4-8-12-23)26-24(22)20-9-5-3-6-10-20/h3-16H,17H2,1-2H3. The van der Waals surface area contributed by atoms with Crippen molar-refractivity contribution in [1.29, 1.82) is 0 Å². The van der Waals surface area contributed by atoms with Gasteiger partial charge in [0.1, 0.15) is 6.61 Å². The average molecular weight is 382 g/mol. The first-order valence-corrected chi connectivity index (χ1v) is 9.55. The molecule has 144 valence electrons. The molecule has 0 aliphatic carbocycles. The lowest BCUT2D eigenvalue weighted by molar-refractivity contribution is 0.0473. The SMILES string of the molecule is Cc1ccc(C(=O)OCc2cn(-c3ccccc3)nc2-c2ccccc2)cc1C. The molecule has 3 aromatic carbocycles. The molecule has 0 N–H and O–H groups in total. The Morgan fingerprint density at radius 1 is 0.897 bits per heavy atom. The second-order valence-corrected chi connectivity index (χ2v) is 7.02. The van der Waals surface area contributed by atoms with E-state index in [0.717, 1.165) is 33.6 Å². The first-order chi connectivity index (χ1) is 14.1. The molecule has 29 heavy (non-hydrogen) atoms. The van der Waals surface area contributed by atoms with E-state index in [4.69, 9.17) is 9.84 Å². The van der Waals surface area contributed by atoms with Gasteiger partial charge in [0.15, 0.2) is 0 Å². The van der Waals surface area contributed by atoms with Crippen LogP contribution in [0.3, 0.4) is 0 Å². The maximum atomic E-state index is 12.6. The van der Waals surface area contributed by atoms with Gasteiger partial charge in [0.2, 0.25) is 0 Å². The van der Waals surface area contributed by atoms with Gasteiger partial charge in [0.05, 0.1) is 16.9 Å². The molecule has 0 saturated carbocycles. The molecule has 4 nitrogen and oxygen atoms in total. The number of benzene rings is 3. The van der Waals surface area contributed by atoms with Gasteiger partial charge in [0.25, 0.3) is 0 Å². The molecule has 0 fully saturated rings. The number of nitrogens with zero attached hydrogens (tertiary/aromatic N) is 2. The Morgan fingerprint density at radius 2 is 1.59 bits per heavy atom. The lowest BCUT2D eigenvalue weighted by Crippen LogP contribution is -2.06. The molecule has 0 atom stereocenters. The lowest BCUT2D eigenvalue weighted by Gasteiger charge is -2.07. The summed E-state index contributed by atoms with van der Waals surface area (Å²) in [7, 11) is 0. The molecular formula is C25H22N2O2. The largest absolute Gasteiger partial charge is 0.457 e. The monoisotopic (exact) mass is 382 g/mol. The number of aromatic nitrogens is 2. The topological polar surface area (TPSA) is 44.1 Å². The fourth-order valence-electron chi connectivity index (χ4n) is 3.16. The lowest BCUT2D eigenvalue weighted by atomic mass is 10.1. The van der Waals surface area contributed by atoms with Crippen LogP contribution in [-0.2, 0) is 11.3 Å². The minimum absolute atomic E-state index is 0.156. The van der Waals surface area contributed by atoms with Crippen molar-refractivity contribution in [3.05, 3.63) is 107 Å². The summed E-state index contributed by atoms with van der Waals surface area (Å²) in [4.78, 5) is 12.6. The van der Waals surface area contributed by atoms with Crippen molar-refractivity contribution < 1.29 is 9.53 Å². The summed E-state index contributed by atoms with van der Waals surface area (Å²) in [5, 5.41) is 4.75. The smallest absolute Gasteiger partial charge is 0.338 e. The third kappa shape index (κ3) is 4.11. The zero-order chi connectivity index (χ0) is 20.2. The van der Waals surface area contributed by atoms with E-state index in [1.807, 2.05) is 97.5 Å². The van der Waals surface area contributed by atoms with E-state index in [-0.39, 0.29) is 12.6 Å². The second kappa shape index (κ2) is 8.15. The fourth-order valence-corrected chi connectivity index (χ4v) is 3.16. The highest BCUT2D eigenvalue weighted by Crippen LogP contribution is 2.24. The van der Waals surface area contributed by atoms with E-state index in [1.54, 1.807) is 6.07 Å². The van der Waals surface area contributed by atoms with Crippen molar-refractivity contribution in [3.63, 3.8) is 0 Å². The molecule has 4 aromatic rings. The van der Waals surface area contributed by atoms with Crippen LogP contribution in [0.4, 0.5) is 0 Å². The highest BCUT2D eigenvalue weighted by molar-refractivity contribution is 5.89. The van der Waals surface area contributed by atoms with Crippen molar-refractivity contribution in [2.75, 3.05) is 0 Å². The predicted octanol–water partition coefficient (Wildman–Crippen LogP) is 5.51. The van der Waals surface area contributed by atoms with Crippen LogP contribution in [-0.4, -0.2) is 15.7 Å². The van der Waals surface area contributed by atoms with Gasteiger partial charge in [-0.1, -0.05) is 54.6 Å². The Hall–Kier alpha value is -3.66. The number of carbonyl (C=O) groups is 1. The van der Waals surface area contributed by atoms with Gasteiger partial charge in [-0.15, -0.1) is 0 Å². The van der Waals surface area contributed by atoms with E-state index in [2.05, 4.69) is 0 Å². The summed E-state index contributed by atoms with van der Waals surface area (Å²) in [5.41, 5.74) is 6.39. The Morgan fingerprint density at radius 3 is 2.28 bits per heavy atom. The zero-order valence-corrected chi connectivity index (χ0v) is 16.5. The van der Waals surface area contributed by atoms with Crippen molar-refractivity contribution in [3.8, 4) is 16.9 Å². The number of hydrogen-bond donors (Lipinski definition) is 0. The van der Waals surface area contributed by atoms with E-state index < -0.39 is 0 Å². The summed E-state index contributed by atoms with van der Waals surface area (Å²) < 4.78 is 7.45. The average Bonchev–Trinajstić information content (AvgIpc) is 3.19. The molecule has 0 aliphatic heterocycles. The quantitative estimate of drug-likeness (QED) is 0.427. The normalized spacial score (nSPS) is 10.7. The van der Waals surface area contributed by atoms with E-state index in [1.165, 1.54) is 0 Å². The maximum absolute atomic E-state index is 12.6. The van der Waals surface area contributed by atoms with Crippen LogP contribution in [0.25, 0.3) is 16.9 Å². The summed E-state index contributed by atoms with van der Waals surface area (Å²) in [6.45, 7) is 4.17. The molecule has 0 amide bonds. The van der Waals surface area contributed by atoms with Crippen LogP contribution in [0.15, 0.2) is 85.1 Å². The van der Waals surface area contributed by atoms with Crippen LogP contribution in [0.1, 0.15) is 27.0 Å². The van der Waals surface area contributed by atoms with Crippen molar-refractivity contribution in [2.24, 2.45) is 0 Å². The Labute approximate surface area is 170 Å². The highest BCUT2D eigenvalue weighted by Gasteiger charge is 2.15. The van der Waals surface area contributed by atoms with Crippen molar-refractivity contribution >= 4 is 5.97 Å². The number of esters is 1. The van der Waals surface area contributed by atoms with Gasteiger partial charge in [-0.25, -0.2) is 9.48 Å². The molecular weight excluding hydrogens is 360 g/mol. The summed E-state index contributed by atoms with van der Waals surface area (Å²) in [6.07, 6.45) is 1.92. The molecule has 4 heteroatoms. The maximum Gasteiger partial charge on any atom is 0.338 e. The third-order valence-electron chi connectivity index (χ3n) is 4.96. The highest BCUT2D eigenvalue weighted by atomic mass is 16.5.